The number of rotatable bonds is 5. The second-order valence-corrected chi connectivity index (χ2v) is 7.21. The average molecular weight is 409 g/mol. The molecule has 5 nitrogen and oxygen atoms in total. The summed E-state index contributed by atoms with van der Waals surface area (Å²) in [6.45, 7) is 4.32. The van der Waals surface area contributed by atoms with Crippen molar-refractivity contribution in [1.29, 1.82) is 0 Å². The van der Waals surface area contributed by atoms with Gasteiger partial charge in [-0.05, 0) is 30.7 Å². The number of nitrogens with one attached hydrogen (secondary N) is 1. The van der Waals surface area contributed by atoms with Crippen molar-refractivity contribution in [3.05, 3.63) is 57.6 Å². The zero-order valence-corrected chi connectivity index (χ0v) is 16.8. The van der Waals surface area contributed by atoms with Crippen molar-refractivity contribution in [2.45, 2.75) is 13.0 Å². The molecule has 2 aromatic carbocycles. The number of morpholine rings is 1. The van der Waals surface area contributed by atoms with E-state index in [9.17, 15) is 4.79 Å². The maximum absolute atomic E-state index is 13.3. The predicted octanol–water partition coefficient (Wildman–Crippen LogP) is 4.32. The number of ether oxygens (including phenoxy) is 2. The van der Waals surface area contributed by atoms with Crippen LogP contribution in [0.4, 0.5) is 5.69 Å². The van der Waals surface area contributed by atoms with Gasteiger partial charge in [0.25, 0.3) is 0 Å². The first-order chi connectivity index (χ1) is 13.0. The molecule has 144 valence electrons. The smallest absolute Gasteiger partial charge is 0.246 e. The molecule has 0 saturated carbocycles. The number of nitrogens with zero attached hydrogens (tertiary/aromatic N) is 1. The normalized spacial score (nSPS) is 16.0. The van der Waals surface area contributed by atoms with Crippen LogP contribution in [0.15, 0.2) is 36.4 Å². The highest BCUT2D eigenvalue weighted by Gasteiger charge is 2.32. The van der Waals surface area contributed by atoms with Gasteiger partial charge in [0, 0.05) is 29.4 Å². The predicted molar refractivity (Wildman–Crippen MR) is 108 cm³/mol. The van der Waals surface area contributed by atoms with E-state index < -0.39 is 6.04 Å². The third-order valence-corrected chi connectivity index (χ3v) is 5.10. The van der Waals surface area contributed by atoms with Crippen LogP contribution in [0.5, 0.6) is 5.75 Å². The van der Waals surface area contributed by atoms with E-state index in [4.69, 9.17) is 32.7 Å². The Bertz CT molecular complexity index is 823. The summed E-state index contributed by atoms with van der Waals surface area (Å²) in [4.78, 5) is 15.4. The summed E-state index contributed by atoms with van der Waals surface area (Å²) in [6.07, 6.45) is 0. The Labute approximate surface area is 169 Å². The lowest BCUT2D eigenvalue weighted by atomic mass is 10.0. The van der Waals surface area contributed by atoms with Crippen LogP contribution in [-0.2, 0) is 9.53 Å². The Kier molecular flexibility index (Phi) is 6.60. The van der Waals surface area contributed by atoms with E-state index in [1.165, 1.54) is 7.11 Å². The first kappa shape index (κ1) is 20.0. The molecule has 7 heteroatoms. The lowest BCUT2D eigenvalue weighted by molar-refractivity contribution is -0.123. The van der Waals surface area contributed by atoms with Crippen LogP contribution in [0, 0.1) is 6.92 Å². The second kappa shape index (κ2) is 8.93. The van der Waals surface area contributed by atoms with Crippen molar-refractivity contribution in [2.24, 2.45) is 0 Å². The molecule has 1 saturated heterocycles. The molecule has 0 spiro atoms. The molecule has 0 aromatic heterocycles. The third-order valence-electron chi connectivity index (χ3n) is 4.60. The first-order valence-corrected chi connectivity index (χ1v) is 9.48. The van der Waals surface area contributed by atoms with E-state index in [1.54, 1.807) is 12.1 Å². The maximum atomic E-state index is 13.3. The minimum absolute atomic E-state index is 0.164. The molecule has 1 unspecified atom stereocenters. The topological polar surface area (TPSA) is 50.8 Å². The Balaban J connectivity index is 2.01. The van der Waals surface area contributed by atoms with Crippen molar-refractivity contribution >= 4 is 34.8 Å². The number of hydrogen-bond acceptors (Lipinski definition) is 4. The van der Waals surface area contributed by atoms with Gasteiger partial charge in [0.2, 0.25) is 5.91 Å². The van der Waals surface area contributed by atoms with Crippen LogP contribution >= 0.6 is 23.2 Å². The van der Waals surface area contributed by atoms with Crippen LogP contribution in [0.3, 0.4) is 0 Å². The van der Waals surface area contributed by atoms with Gasteiger partial charge in [-0.25, -0.2) is 0 Å². The zero-order chi connectivity index (χ0) is 19.4. The van der Waals surface area contributed by atoms with Crippen molar-refractivity contribution in [1.82, 2.24) is 4.90 Å². The van der Waals surface area contributed by atoms with Gasteiger partial charge < -0.3 is 14.8 Å². The molecule has 1 atom stereocenters. The molecular formula is C20H22Cl2N2O3. The van der Waals surface area contributed by atoms with Gasteiger partial charge >= 0.3 is 0 Å². The van der Waals surface area contributed by atoms with Gasteiger partial charge in [-0.2, -0.15) is 0 Å². The van der Waals surface area contributed by atoms with E-state index in [0.717, 1.165) is 11.3 Å². The Morgan fingerprint density at radius 3 is 2.59 bits per heavy atom. The number of carbonyl (C=O) groups is 1. The minimum atomic E-state index is -0.598. The van der Waals surface area contributed by atoms with E-state index in [0.29, 0.717) is 47.7 Å². The van der Waals surface area contributed by atoms with Crippen LogP contribution in [-0.4, -0.2) is 44.2 Å². The van der Waals surface area contributed by atoms with Gasteiger partial charge in [0.05, 0.1) is 25.3 Å². The fourth-order valence-electron chi connectivity index (χ4n) is 3.25. The Morgan fingerprint density at radius 1 is 1.22 bits per heavy atom. The summed E-state index contributed by atoms with van der Waals surface area (Å²) in [5.74, 6) is 0.292. The monoisotopic (exact) mass is 408 g/mol. The maximum Gasteiger partial charge on any atom is 0.246 e. The summed E-state index contributed by atoms with van der Waals surface area (Å²) in [7, 11) is 1.54. The molecule has 27 heavy (non-hydrogen) atoms. The molecule has 3 rings (SSSR count). The summed E-state index contributed by atoms with van der Waals surface area (Å²) in [5.41, 5.74) is 2.40. The fraction of sp³-hybridized carbons (Fsp3) is 0.350. The standard InChI is InChI=1S/C20H22Cl2N2O3/c1-13-5-3-4-6-17(13)23-20(25)18(24-7-9-27-10-8-24)15-11-14(21)12-16(22)19(15)26-2/h3-6,11-12,18H,7-10H2,1-2H3,(H,23,25). The van der Waals surface area contributed by atoms with Gasteiger partial charge in [-0.15, -0.1) is 0 Å². The van der Waals surface area contributed by atoms with Crippen LogP contribution in [0.1, 0.15) is 17.2 Å². The summed E-state index contributed by atoms with van der Waals surface area (Å²) >= 11 is 12.6. The van der Waals surface area contributed by atoms with E-state index in [-0.39, 0.29) is 5.91 Å². The highest BCUT2D eigenvalue weighted by molar-refractivity contribution is 6.35. The van der Waals surface area contributed by atoms with Crippen LogP contribution < -0.4 is 10.1 Å². The summed E-state index contributed by atoms with van der Waals surface area (Å²) in [5, 5.41) is 3.87. The van der Waals surface area contributed by atoms with E-state index in [1.807, 2.05) is 31.2 Å². The van der Waals surface area contributed by atoms with Crippen molar-refractivity contribution in [2.75, 3.05) is 38.7 Å². The number of halogens is 2. The Hall–Kier alpha value is -1.79. The SMILES string of the molecule is COc1c(Cl)cc(Cl)cc1C(C(=O)Nc1ccccc1C)N1CCOCC1. The lowest BCUT2D eigenvalue weighted by Crippen LogP contribution is -2.44. The molecule has 1 amide bonds. The quantitative estimate of drug-likeness (QED) is 0.799. The number of hydrogen-bond donors (Lipinski definition) is 1. The van der Waals surface area contributed by atoms with Crippen molar-refractivity contribution < 1.29 is 14.3 Å². The highest BCUT2D eigenvalue weighted by atomic mass is 35.5. The number of para-hydroxylation sites is 1. The van der Waals surface area contributed by atoms with Crippen LogP contribution in [0.2, 0.25) is 10.0 Å². The highest BCUT2D eigenvalue weighted by Crippen LogP contribution is 2.38. The van der Waals surface area contributed by atoms with Crippen molar-refractivity contribution in [3.63, 3.8) is 0 Å². The molecule has 2 aromatic rings. The first-order valence-electron chi connectivity index (χ1n) is 8.72. The number of methoxy groups -OCH3 is 1. The molecule has 1 aliphatic heterocycles. The van der Waals surface area contributed by atoms with E-state index >= 15 is 0 Å². The van der Waals surface area contributed by atoms with Gasteiger partial charge in [0.15, 0.2) is 0 Å². The molecule has 1 aliphatic rings. The average Bonchev–Trinajstić information content (AvgIpc) is 2.64. The zero-order valence-electron chi connectivity index (χ0n) is 15.3. The van der Waals surface area contributed by atoms with Gasteiger partial charge in [0.1, 0.15) is 11.8 Å². The van der Waals surface area contributed by atoms with Gasteiger partial charge in [-0.3, -0.25) is 9.69 Å². The van der Waals surface area contributed by atoms with Crippen molar-refractivity contribution in [3.8, 4) is 5.75 Å². The third kappa shape index (κ3) is 4.55. The molecule has 1 N–H and O–H groups in total. The summed E-state index contributed by atoms with van der Waals surface area (Å²) < 4.78 is 10.9. The molecule has 0 bridgehead atoms. The minimum Gasteiger partial charge on any atom is -0.495 e. The molecule has 0 radical (unpaired) electrons. The van der Waals surface area contributed by atoms with E-state index in [2.05, 4.69) is 10.2 Å². The lowest BCUT2D eigenvalue weighted by Gasteiger charge is -2.34. The summed E-state index contributed by atoms with van der Waals surface area (Å²) in [6, 6.07) is 10.4. The second-order valence-electron chi connectivity index (χ2n) is 6.37. The number of carbonyl (C=O) groups excluding carboxylic acids is 1. The van der Waals surface area contributed by atoms with Crippen LogP contribution in [0.25, 0.3) is 0 Å². The van der Waals surface area contributed by atoms with Gasteiger partial charge in [-0.1, -0.05) is 41.4 Å². The number of anilines is 1. The number of amides is 1. The molecule has 0 aliphatic carbocycles. The largest absolute Gasteiger partial charge is 0.495 e. The Morgan fingerprint density at radius 2 is 1.93 bits per heavy atom. The molecular weight excluding hydrogens is 387 g/mol. The number of benzene rings is 2. The molecule has 1 heterocycles. The fourth-order valence-corrected chi connectivity index (χ4v) is 3.84. The molecule has 1 fully saturated rings. The number of aryl methyl sites for hydroxylation is 1.